The number of carbonyl (C=O) groups is 1. The van der Waals surface area contributed by atoms with Gasteiger partial charge in [-0.3, -0.25) is 4.79 Å². The molecule has 0 amide bonds. The first-order valence-electron chi connectivity index (χ1n) is 9.61. The number of hydrogen-bond donors (Lipinski definition) is 1. The molecule has 0 saturated heterocycles. The highest BCUT2D eigenvalue weighted by molar-refractivity contribution is 5.66. The summed E-state index contributed by atoms with van der Waals surface area (Å²) in [5, 5.41) is 10.6. The zero-order chi connectivity index (χ0) is 18.6. The van der Waals surface area contributed by atoms with Crippen molar-refractivity contribution in [3.05, 3.63) is 28.8 Å². The zero-order valence-electron chi connectivity index (χ0n) is 16.5. The van der Waals surface area contributed by atoms with Crippen LogP contribution in [-0.4, -0.2) is 17.2 Å². The van der Waals surface area contributed by atoms with Gasteiger partial charge in [-0.05, 0) is 65.7 Å². The Bertz CT molecular complexity index is 689. The number of aryl methyl sites for hydroxylation is 1. The van der Waals surface area contributed by atoms with E-state index in [1.54, 1.807) is 0 Å². The van der Waals surface area contributed by atoms with Crippen LogP contribution in [0.4, 0.5) is 0 Å². The first kappa shape index (κ1) is 18.3. The molecule has 0 aliphatic heterocycles. The maximum Gasteiger partial charge on any atom is 0.302 e. The lowest BCUT2D eigenvalue weighted by Crippen LogP contribution is -2.54. The largest absolute Gasteiger partial charge is 0.508 e. The molecular weight excluding hydrogens is 312 g/mol. The lowest BCUT2D eigenvalue weighted by molar-refractivity contribution is -0.163. The average molecular weight is 344 g/mol. The second kappa shape index (κ2) is 6.03. The zero-order valence-corrected chi connectivity index (χ0v) is 16.5. The maximum absolute atomic E-state index is 11.5. The standard InChI is InChI=1S/C22H32O3/c1-13(2)16-11-15-7-8-19-21(4,5)20(25-14(3)23)9-10-22(19,6)17(15)12-18(16)24/h11-13,19-20,24H,7-10H2,1-6H3. The van der Waals surface area contributed by atoms with Crippen molar-refractivity contribution in [1.29, 1.82) is 0 Å². The normalized spacial score (nSPS) is 30.5. The van der Waals surface area contributed by atoms with Crippen LogP contribution in [-0.2, 0) is 21.4 Å². The van der Waals surface area contributed by atoms with Crippen LogP contribution in [0.2, 0.25) is 0 Å². The molecule has 1 saturated carbocycles. The van der Waals surface area contributed by atoms with Gasteiger partial charge in [0.1, 0.15) is 11.9 Å². The third-order valence-electron chi connectivity index (χ3n) is 6.92. The Kier molecular flexibility index (Phi) is 4.41. The molecule has 0 bridgehead atoms. The average Bonchev–Trinajstić information content (AvgIpc) is 2.50. The summed E-state index contributed by atoms with van der Waals surface area (Å²) < 4.78 is 5.67. The summed E-state index contributed by atoms with van der Waals surface area (Å²) in [6, 6.07) is 4.25. The molecule has 25 heavy (non-hydrogen) atoms. The van der Waals surface area contributed by atoms with Gasteiger partial charge >= 0.3 is 5.97 Å². The van der Waals surface area contributed by atoms with E-state index >= 15 is 0 Å². The lowest BCUT2D eigenvalue weighted by atomic mass is 9.49. The molecule has 138 valence electrons. The molecule has 2 aliphatic carbocycles. The van der Waals surface area contributed by atoms with Crippen LogP contribution in [0, 0.1) is 11.3 Å². The summed E-state index contributed by atoms with van der Waals surface area (Å²) in [5.74, 6) is 1.01. The van der Waals surface area contributed by atoms with Crippen molar-refractivity contribution in [2.24, 2.45) is 11.3 Å². The van der Waals surface area contributed by atoms with Crippen molar-refractivity contribution in [2.45, 2.75) is 84.7 Å². The minimum absolute atomic E-state index is 0.0202. The van der Waals surface area contributed by atoms with Crippen LogP contribution in [0.15, 0.2) is 12.1 Å². The molecular formula is C22H32O3. The van der Waals surface area contributed by atoms with Crippen molar-refractivity contribution in [3.63, 3.8) is 0 Å². The van der Waals surface area contributed by atoms with E-state index in [1.165, 1.54) is 18.1 Å². The molecule has 1 aromatic rings. The Hall–Kier alpha value is -1.51. The van der Waals surface area contributed by atoms with E-state index < -0.39 is 0 Å². The molecule has 1 fully saturated rings. The summed E-state index contributed by atoms with van der Waals surface area (Å²) in [6.45, 7) is 12.6. The highest BCUT2D eigenvalue weighted by Crippen LogP contribution is 2.58. The number of carbonyl (C=O) groups excluding carboxylic acids is 1. The van der Waals surface area contributed by atoms with Gasteiger partial charge in [-0.25, -0.2) is 0 Å². The van der Waals surface area contributed by atoms with E-state index in [0.29, 0.717) is 17.6 Å². The SMILES string of the molecule is CC(=O)OC1CCC2(C)c3cc(O)c(C(C)C)cc3CCC2C1(C)C. The third kappa shape index (κ3) is 2.86. The number of phenolic OH excluding ortho intramolecular Hbond substituents is 1. The van der Waals surface area contributed by atoms with Crippen molar-refractivity contribution in [2.75, 3.05) is 0 Å². The Labute approximate surface area is 151 Å². The van der Waals surface area contributed by atoms with Crippen molar-refractivity contribution in [1.82, 2.24) is 0 Å². The second-order valence-electron chi connectivity index (χ2n) is 9.19. The number of benzene rings is 1. The number of phenols is 1. The van der Waals surface area contributed by atoms with E-state index in [0.717, 1.165) is 31.2 Å². The molecule has 3 unspecified atom stereocenters. The molecule has 3 heteroatoms. The molecule has 0 heterocycles. The smallest absolute Gasteiger partial charge is 0.302 e. The van der Waals surface area contributed by atoms with Crippen LogP contribution in [0.25, 0.3) is 0 Å². The fourth-order valence-electron chi connectivity index (χ4n) is 5.60. The highest BCUT2D eigenvalue weighted by atomic mass is 16.5. The first-order chi connectivity index (χ1) is 11.6. The fourth-order valence-corrected chi connectivity index (χ4v) is 5.60. The van der Waals surface area contributed by atoms with Crippen molar-refractivity contribution >= 4 is 5.97 Å². The number of fused-ring (bicyclic) bond motifs is 3. The minimum Gasteiger partial charge on any atom is -0.508 e. The van der Waals surface area contributed by atoms with E-state index in [2.05, 4.69) is 40.7 Å². The van der Waals surface area contributed by atoms with E-state index in [9.17, 15) is 9.90 Å². The van der Waals surface area contributed by atoms with Crippen molar-refractivity contribution in [3.8, 4) is 5.75 Å². The first-order valence-corrected chi connectivity index (χ1v) is 9.61. The number of ether oxygens (including phenoxy) is 1. The number of esters is 1. The van der Waals surface area contributed by atoms with Gasteiger partial charge in [-0.2, -0.15) is 0 Å². The summed E-state index contributed by atoms with van der Waals surface area (Å²) in [6.07, 6.45) is 3.99. The summed E-state index contributed by atoms with van der Waals surface area (Å²) >= 11 is 0. The molecule has 1 aromatic carbocycles. The van der Waals surface area contributed by atoms with Crippen LogP contribution in [0.5, 0.6) is 5.75 Å². The number of hydrogen-bond acceptors (Lipinski definition) is 3. The van der Waals surface area contributed by atoms with E-state index in [4.69, 9.17) is 4.74 Å². The molecule has 0 aromatic heterocycles. The van der Waals surface area contributed by atoms with Gasteiger partial charge in [0, 0.05) is 12.3 Å². The molecule has 1 N–H and O–H groups in total. The monoisotopic (exact) mass is 344 g/mol. The Morgan fingerprint density at radius 2 is 1.92 bits per heavy atom. The van der Waals surface area contributed by atoms with Gasteiger partial charge in [0.15, 0.2) is 0 Å². The van der Waals surface area contributed by atoms with E-state index in [1.807, 2.05) is 6.07 Å². The number of rotatable bonds is 2. The van der Waals surface area contributed by atoms with Gasteiger partial charge in [0.2, 0.25) is 0 Å². The van der Waals surface area contributed by atoms with Crippen LogP contribution in [0.3, 0.4) is 0 Å². The molecule has 3 atom stereocenters. The maximum atomic E-state index is 11.5. The Balaban J connectivity index is 2.03. The topological polar surface area (TPSA) is 46.5 Å². The van der Waals surface area contributed by atoms with Gasteiger partial charge in [-0.1, -0.05) is 40.7 Å². The molecule has 0 radical (unpaired) electrons. The lowest BCUT2D eigenvalue weighted by Gasteiger charge is -2.56. The summed E-state index contributed by atoms with van der Waals surface area (Å²) in [5.41, 5.74) is 3.71. The highest BCUT2D eigenvalue weighted by Gasteiger charge is 2.54. The van der Waals surface area contributed by atoms with Crippen LogP contribution in [0.1, 0.15) is 83.4 Å². The minimum atomic E-state index is -0.183. The Morgan fingerprint density at radius 3 is 2.52 bits per heavy atom. The van der Waals surface area contributed by atoms with Gasteiger partial charge in [-0.15, -0.1) is 0 Å². The second-order valence-corrected chi connectivity index (χ2v) is 9.19. The fraction of sp³-hybridized carbons (Fsp3) is 0.682. The van der Waals surface area contributed by atoms with Crippen LogP contribution < -0.4 is 0 Å². The van der Waals surface area contributed by atoms with Crippen LogP contribution >= 0.6 is 0 Å². The molecule has 2 aliphatic rings. The molecule has 0 spiro atoms. The molecule has 3 nitrogen and oxygen atoms in total. The van der Waals surface area contributed by atoms with Gasteiger partial charge in [0.25, 0.3) is 0 Å². The predicted octanol–water partition coefficient (Wildman–Crippen LogP) is 5.09. The Morgan fingerprint density at radius 1 is 1.24 bits per heavy atom. The predicted molar refractivity (Wildman–Crippen MR) is 99.9 cm³/mol. The van der Waals surface area contributed by atoms with Gasteiger partial charge in [0.05, 0.1) is 0 Å². The molecule has 3 rings (SSSR count). The summed E-state index contributed by atoms with van der Waals surface area (Å²) in [4.78, 5) is 11.5. The van der Waals surface area contributed by atoms with Gasteiger partial charge < -0.3 is 9.84 Å². The third-order valence-corrected chi connectivity index (χ3v) is 6.92. The van der Waals surface area contributed by atoms with Crippen molar-refractivity contribution < 1.29 is 14.6 Å². The summed E-state index contributed by atoms with van der Waals surface area (Å²) in [7, 11) is 0. The van der Waals surface area contributed by atoms with E-state index in [-0.39, 0.29) is 22.9 Å². The number of aromatic hydroxyl groups is 1. The quantitative estimate of drug-likeness (QED) is 0.760.